The average Bonchev–Trinajstić information content (AvgIpc) is 3.31. The van der Waals surface area contributed by atoms with Crippen molar-refractivity contribution in [3.63, 3.8) is 0 Å². The van der Waals surface area contributed by atoms with Gasteiger partial charge in [-0.15, -0.1) is 0 Å². The van der Waals surface area contributed by atoms with Crippen LogP contribution in [0.15, 0.2) is 86.6 Å². The Kier molecular flexibility index (Phi) is 5.64. The van der Waals surface area contributed by atoms with Crippen LogP contribution in [-0.4, -0.2) is 25.2 Å². The van der Waals surface area contributed by atoms with Gasteiger partial charge >= 0.3 is 0 Å². The van der Waals surface area contributed by atoms with Gasteiger partial charge in [-0.1, -0.05) is 23.9 Å². The summed E-state index contributed by atoms with van der Waals surface area (Å²) in [7, 11) is 3.58. The monoisotopic (exact) mass is 477 g/mol. The molecule has 0 atom stereocenters. The molecule has 0 spiro atoms. The second-order valence-corrected chi connectivity index (χ2v) is 9.59. The minimum Gasteiger partial charge on any atom is -0.497 e. The SMILES string of the molecule is COc1ccc2c(c1)N(C)C(=C1SC(=Nc3ccc(F)cc3)N(c3cccc(C)c3)C1=O)S2. The number of nitrogens with zero attached hydrogens (tertiary/aromatic N) is 3. The standard InChI is InChI=1S/C25H20FN3O2S2/c1-15-5-4-6-18(13-15)29-23(30)22(33-25(29)27-17-9-7-16(26)8-10-17)24-28(2)20-14-19(31-3)11-12-21(20)32-24/h4-14H,1-3H3. The Hall–Kier alpha value is -3.23. The van der Waals surface area contributed by atoms with E-state index < -0.39 is 0 Å². The molecule has 5 rings (SSSR count). The highest BCUT2D eigenvalue weighted by molar-refractivity contribution is 8.20. The summed E-state index contributed by atoms with van der Waals surface area (Å²) >= 11 is 2.88. The highest BCUT2D eigenvalue weighted by Gasteiger charge is 2.40. The molecule has 8 heteroatoms. The molecular formula is C25H20FN3O2S2. The normalized spacial score (nSPS) is 18.9. The van der Waals surface area contributed by atoms with Gasteiger partial charge in [0.1, 0.15) is 16.5 Å². The first-order chi connectivity index (χ1) is 15.9. The second-order valence-electron chi connectivity index (χ2n) is 7.58. The molecule has 0 bridgehead atoms. The molecule has 0 aliphatic carbocycles. The molecule has 1 saturated heterocycles. The number of carbonyl (C=O) groups is 1. The number of amides is 1. The van der Waals surface area contributed by atoms with E-state index in [4.69, 9.17) is 9.73 Å². The molecule has 0 saturated carbocycles. The van der Waals surface area contributed by atoms with E-state index >= 15 is 0 Å². The van der Waals surface area contributed by atoms with Crippen LogP contribution >= 0.6 is 23.5 Å². The van der Waals surface area contributed by atoms with E-state index in [-0.39, 0.29) is 11.7 Å². The summed E-state index contributed by atoms with van der Waals surface area (Å²) in [5.74, 6) is 0.294. The number of hydrogen-bond donors (Lipinski definition) is 0. The Bertz CT molecular complexity index is 1320. The van der Waals surface area contributed by atoms with Crippen molar-refractivity contribution in [3.8, 4) is 5.75 Å². The lowest BCUT2D eigenvalue weighted by Crippen LogP contribution is -2.29. The molecular weight excluding hydrogens is 457 g/mol. The first-order valence-electron chi connectivity index (χ1n) is 10.2. The van der Waals surface area contributed by atoms with E-state index in [1.54, 1.807) is 35.9 Å². The number of aryl methyl sites for hydroxylation is 1. The largest absolute Gasteiger partial charge is 0.497 e. The highest BCUT2D eigenvalue weighted by Crippen LogP contribution is 2.51. The van der Waals surface area contributed by atoms with Crippen LogP contribution in [0.2, 0.25) is 0 Å². The average molecular weight is 478 g/mol. The van der Waals surface area contributed by atoms with Crippen molar-refractivity contribution in [2.75, 3.05) is 24.0 Å². The molecule has 2 aliphatic rings. The van der Waals surface area contributed by atoms with E-state index in [2.05, 4.69) is 0 Å². The van der Waals surface area contributed by atoms with Crippen LogP contribution in [0.25, 0.3) is 0 Å². The number of thioether (sulfide) groups is 2. The number of hydrogen-bond acceptors (Lipinski definition) is 6. The van der Waals surface area contributed by atoms with Gasteiger partial charge in [0.25, 0.3) is 5.91 Å². The molecule has 166 valence electrons. The van der Waals surface area contributed by atoms with Gasteiger partial charge < -0.3 is 9.64 Å². The summed E-state index contributed by atoms with van der Waals surface area (Å²) in [4.78, 5) is 23.7. The third-order valence-corrected chi connectivity index (χ3v) is 7.72. The fraction of sp³-hybridized carbons (Fsp3) is 0.120. The van der Waals surface area contributed by atoms with Crippen LogP contribution in [0.1, 0.15) is 5.56 Å². The summed E-state index contributed by atoms with van der Waals surface area (Å²) in [6.45, 7) is 1.98. The van der Waals surface area contributed by atoms with Gasteiger partial charge in [-0.05, 0) is 72.8 Å². The van der Waals surface area contributed by atoms with Crippen LogP contribution in [0.5, 0.6) is 5.75 Å². The molecule has 33 heavy (non-hydrogen) atoms. The molecule has 2 aliphatic heterocycles. The van der Waals surface area contributed by atoms with Crippen molar-refractivity contribution in [2.24, 2.45) is 4.99 Å². The molecule has 0 N–H and O–H groups in total. The molecule has 0 radical (unpaired) electrons. The topological polar surface area (TPSA) is 45.1 Å². The fourth-order valence-electron chi connectivity index (χ4n) is 3.65. The maximum Gasteiger partial charge on any atom is 0.274 e. The molecule has 1 fully saturated rings. The Morgan fingerprint density at radius 3 is 2.52 bits per heavy atom. The lowest BCUT2D eigenvalue weighted by molar-refractivity contribution is -0.113. The molecule has 0 unspecified atom stereocenters. The molecule has 2 heterocycles. The lowest BCUT2D eigenvalue weighted by Gasteiger charge is -2.17. The van der Waals surface area contributed by atoms with Crippen molar-refractivity contribution in [1.82, 2.24) is 0 Å². The number of anilines is 2. The summed E-state index contributed by atoms with van der Waals surface area (Å²) in [5.41, 5.74) is 3.35. The molecule has 1 amide bonds. The number of rotatable bonds is 3. The van der Waals surface area contributed by atoms with E-state index in [0.717, 1.165) is 32.6 Å². The van der Waals surface area contributed by atoms with Gasteiger partial charge in [0.15, 0.2) is 5.17 Å². The Balaban J connectivity index is 1.60. The first kappa shape index (κ1) is 21.6. The lowest BCUT2D eigenvalue weighted by atomic mass is 10.2. The predicted octanol–water partition coefficient (Wildman–Crippen LogP) is 6.32. The Labute approximate surface area is 200 Å². The first-order valence-corrected chi connectivity index (χ1v) is 11.8. The van der Waals surface area contributed by atoms with Gasteiger partial charge in [0.2, 0.25) is 0 Å². The smallest absolute Gasteiger partial charge is 0.274 e. The number of methoxy groups -OCH3 is 1. The highest BCUT2D eigenvalue weighted by atomic mass is 32.2. The summed E-state index contributed by atoms with van der Waals surface area (Å²) in [5, 5.41) is 1.37. The molecule has 0 aromatic heterocycles. The Morgan fingerprint density at radius 1 is 1.00 bits per heavy atom. The Morgan fingerprint density at radius 2 is 1.79 bits per heavy atom. The third kappa shape index (κ3) is 4.00. The van der Waals surface area contributed by atoms with Crippen LogP contribution in [0.4, 0.5) is 21.5 Å². The predicted molar refractivity (Wildman–Crippen MR) is 134 cm³/mol. The summed E-state index contributed by atoms with van der Waals surface area (Å²) < 4.78 is 18.8. The van der Waals surface area contributed by atoms with Gasteiger partial charge in [-0.25, -0.2) is 9.38 Å². The van der Waals surface area contributed by atoms with E-state index in [1.165, 1.54) is 23.9 Å². The number of benzene rings is 3. The van der Waals surface area contributed by atoms with E-state index in [0.29, 0.717) is 15.8 Å². The fourth-order valence-corrected chi connectivity index (χ4v) is 5.98. The summed E-state index contributed by atoms with van der Waals surface area (Å²) in [6.07, 6.45) is 0. The number of carbonyl (C=O) groups excluding carboxylic acids is 1. The quantitative estimate of drug-likeness (QED) is 0.413. The maximum absolute atomic E-state index is 13.7. The van der Waals surface area contributed by atoms with Crippen molar-refractivity contribution >= 4 is 51.7 Å². The van der Waals surface area contributed by atoms with Crippen LogP contribution < -0.4 is 14.5 Å². The number of halogens is 1. The van der Waals surface area contributed by atoms with Crippen molar-refractivity contribution in [3.05, 3.63) is 88.0 Å². The van der Waals surface area contributed by atoms with Gasteiger partial charge in [0.05, 0.1) is 29.2 Å². The van der Waals surface area contributed by atoms with Crippen molar-refractivity contribution < 1.29 is 13.9 Å². The van der Waals surface area contributed by atoms with Gasteiger partial charge in [0, 0.05) is 18.0 Å². The maximum atomic E-state index is 13.7. The number of aliphatic imine (C=N–C) groups is 1. The minimum atomic E-state index is -0.329. The molecule has 3 aromatic rings. The number of fused-ring (bicyclic) bond motifs is 1. The number of amidine groups is 1. The third-order valence-electron chi connectivity index (χ3n) is 5.33. The minimum absolute atomic E-state index is 0.138. The van der Waals surface area contributed by atoms with Crippen LogP contribution in [0, 0.1) is 12.7 Å². The van der Waals surface area contributed by atoms with E-state index in [1.807, 2.05) is 61.3 Å². The zero-order valence-corrected chi connectivity index (χ0v) is 19.8. The molecule has 5 nitrogen and oxygen atoms in total. The zero-order chi connectivity index (χ0) is 23.1. The van der Waals surface area contributed by atoms with Crippen LogP contribution in [0.3, 0.4) is 0 Å². The number of ether oxygens (including phenoxy) is 1. The summed E-state index contributed by atoms with van der Waals surface area (Å²) in [6, 6.07) is 19.6. The van der Waals surface area contributed by atoms with Crippen molar-refractivity contribution in [1.29, 1.82) is 0 Å². The van der Waals surface area contributed by atoms with Gasteiger partial charge in [-0.3, -0.25) is 9.69 Å². The molecule has 3 aromatic carbocycles. The van der Waals surface area contributed by atoms with Crippen LogP contribution in [-0.2, 0) is 4.79 Å². The van der Waals surface area contributed by atoms with Crippen molar-refractivity contribution in [2.45, 2.75) is 11.8 Å². The van der Waals surface area contributed by atoms with E-state index in [9.17, 15) is 9.18 Å². The second kappa shape index (κ2) is 8.61. The van der Waals surface area contributed by atoms with Gasteiger partial charge in [-0.2, -0.15) is 0 Å². The zero-order valence-electron chi connectivity index (χ0n) is 18.2.